The van der Waals surface area contributed by atoms with Gasteiger partial charge in [0.25, 0.3) is 0 Å². The molecule has 0 amide bonds. The Kier molecular flexibility index (Phi) is 5.01. The number of nitrogens with one attached hydrogen (secondary N) is 1. The molecule has 1 atom stereocenters. The molecule has 0 bridgehead atoms. The molecule has 1 unspecified atom stereocenters. The molecular weight excluding hydrogens is 214 g/mol. The van der Waals surface area contributed by atoms with Crippen molar-refractivity contribution in [3.8, 4) is 0 Å². The summed E-state index contributed by atoms with van der Waals surface area (Å²) in [6.07, 6.45) is 9.06. The summed E-state index contributed by atoms with van der Waals surface area (Å²) in [6.45, 7) is 6.17. The minimum Gasteiger partial charge on any atom is -0.376 e. The highest BCUT2D eigenvalue weighted by Gasteiger charge is 2.15. The van der Waals surface area contributed by atoms with Crippen molar-refractivity contribution >= 4 is 0 Å². The van der Waals surface area contributed by atoms with Crippen LogP contribution in [0.2, 0.25) is 0 Å². The SMILES string of the molecule is CCCNCCc1cn(CC2CCCO2)cn1. The van der Waals surface area contributed by atoms with Crippen LogP contribution in [0, 0.1) is 0 Å². The molecule has 1 aromatic heterocycles. The number of imidazole rings is 1. The summed E-state index contributed by atoms with van der Waals surface area (Å²) >= 11 is 0. The number of hydrogen-bond acceptors (Lipinski definition) is 3. The van der Waals surface area contributed by atoms with Crippen LogP contribution in [0.3, 0.4) is 0 Å². The third kappa shape index (κ3) is 4.13. The fourth-order valence-corrected chi connectivity index (χ4v) is 2.18. The van der Waals surface area contributed by atoms with Crippen molar-refractivity contribution in [1.82, 2.24) is 14.9 Å². The molecule has 1 aromatic rings. The molecule has 1 fully saturated rings. The summed E-state index contributed by atoms with van der Waals surface area (Å²) in [5.41, 5.74) is 1.17. The number of nitrogens with zero attached hydrogens (tertiary/aromatic N) is 2. The molecule has 1 saturated heterocycles. The molecule has 1 aliphatic heterocycles. The Labute approximate surface area is 103 Å². The largest absolute Gasteiger partial charge is 0.376 e. The zero-order valence-corrected chi connectivity index (χ0v) is 10.7. The number of rotatable bonds is 7. The predicted octanol–water partition coefficient (Wildman–Crippen LogP) is 1.60. The van der Waals surface area contributed by atoms with E-state index in [1.54, 1.807) is 0 Å². The van der Waals surface area contributed by atoms with Crippen LogP contribution >= 0.6 is 0 Å². The van der Waals surface area contributed by atoms with Gasteiger partial charge in [0.05, 0.1) is 18.1 Å². The van der Waals surface area contributed by atoms with Crippen LogP contribution in [0.15, 0.2) is 12.5 Å². The van der Waals surface area contributed by atoms with Gasteiger partial charge in [-0.15, -0.1) is 0 Å². The maximum atomic E-state index is 5.62. The Morgan fingerprint density at radius 1 is 1.53 bits per heavy atom. The molecule has 4 heteroatoms. The molecular formula is C13H23N3O. The van der Waals surface area contributed by atoms with E-state index in [2.05, 4.69) is 28.0 Å². The normalized spacial score (nSPS) is 19.9. The minimum absolute atomic E-state index is 0.398. The van der Waals surface area contributed by atoms with E-state index in [0.29, 0.717) is 6.10 Å². The molecule has 0 aromatic carbocycles. The second-order valence-corrected chi connectivity index (χ2v) is 4.70. The molecule has 4 nitrogen and oxygen atoms in total. The van der Waals surface area contributed by atoms with Gasteiger partial charge in [-0.25, -0.2) is 4.98 Å². The van der Waals surface area contributed by atoms with Gasteiger partial charge in [0.2, 0.25) is 0 Å². The van der Waals surface area contributed by atoms with Gasteiger partial charge >= 0.3 is 0 Å². The van der Waals surface area contributed by atoms with Crippen LogP contribution in [0.25, 0.3) is 0 Å². The molecule has 0 spiro atoms. The van der Waals surface area contributed by atoms with Crippen LogP contribution in [-0.4, -0.2) is 35.4 Å². The first kappa shape index (κ1) is 12.6. The van der Waals surface area contributed by atoms with E-state index in [9.17, 15) is 0 Å². The number of hydrogen-bond donors (Lipinski definition) is 1. The zero-order valence-electron chi connectivity index (χ0n) is 10.7. The van der Waals surface area contributed by atoms with Crippen molar-refractivity contribution in [1.29, 1.82) is 0 Å². The lowest BCUT2D eigenvalue weighted by Gasteiger charge is -2.09. The number of ether oxygens (including phenoxy) is 1. The van der Waals surface area contributed by atoms with Crippen LogP contribution < -0.4 is 5.32 Å². The van der Waals surface area contributed by atoms with E-state index in [-0.39, 0.29) is 0 Å². The van der Waals surface area contributed by atoms with Crippen molar-refractivity contribution < 1.29 is 4.74 Å². The number of aromatic nitrogens is 2. The van der Waals surface area contributed by atoms with E-state index in [1.165, 1.54) is 25.0 Å². The summed E-state index contributed by atoms with van der Waals surface area (Å²) in [6, 6.07) is 0. The smallest absolute Gasteiger partial charge is 0.0950 e. The van der Waals surface area contributed by atoms with Crippen molar-refractivity contribution in [3.63, 3.8) is 0 Å². The molecule has 2 heterocycles. The van der Waals surface area contributed by atoms with Crippen molar-refractivity contribution in [2.75, 3.05) is 19.7 Å². The van der Waals surface area contributed by atoms with Crippen LogP contribution in [0.4, 0.5) is 0 Å². The third-order valence-electron chi connectivity index (χ3n) is 3.11. The van der Waals surface area contributed by atoms with Crippen LogP contribution in [0.5, 0.6) is 0 Å². The summed E-state index contributed by atoms with van der Waals surface area (Å²) in [5, 5.41) is 3.39. The van der Waals surface area contributed by atoms with Gasteiger partial charge in [-0.3, -0.25) is 0 Å². The van der Waals surface area contributed by atoms with Crippen molar-refractivity contribution in [2.45, 2.75) is 45.3 Å². The average molecular weight is 237 g/mol. The van der Waals surface area contributed by atoms with E-state index in [4.69, 9.17) is 4.74 Å². The third-order valence-corrected chi connectivity index (χ3v) is 3.11. The first-order valence-electron chi connectivity index (χ1n) is 6.71. The van der Waals surface area contributed by atoms with Gasteiger partial charge in [-0.1, -0.05) is 6.92 Å². The first-order chi connectivity index (χ1) is 8.38. The van der Waals surface area contributed by atoms with E-state index < -0.39 is 0 Å². The van der Waals surface area contributed by atoms with Crippen molar-refractivity contribution in [3.05, 3.63) is 18.2 Å². The quantitative estimate of drug-likeness (QED) is 0.732. The highest BCUT2D eigenvalue weighted by molar-refractivity contribution is 4.97. The molecule has 1 aliphatic rings. The Balaban J connectivity index is 1.71. The average Bonchev–Trinajstić information content (AvgIpc) is 2.97. The highest BCUT2D eigenvalue weighted by Crippen LogP contribution is 2.14. The maximum Gasteiger partial charge on any atom is 0.0950 e. The van der Waals surface area contributed by atoms with Gasteiger partial charge in [0.15, 0.2) is 0 Å². The lowest BCUT2D eigenvalue weighted by atomic mass is 10.2. The second-order valence-electron chi connectivity index (χ2n) is 4.70. The summed E-state index contributed by atoms with van der Waals surface area (Å²) < 4.78 is 7.78. The molecule has 0 aliphatic carbocycles. The molecule has 1 N–H and O–H groups in total. The van der Waals surface area contributed by atoms with E-state index >= 15 is 0 Å². The lowest BCUT2D eigenvalue weighted by molar-refractivity contribution is 0.0970. The second kappa shape index (κ2) is 6.77. The molecule has 2 rings (SSSR count). The van der Waals surface area contributed by atoms with Crippen LogP contribution in [-0.2, 0) is 17.7 Å². The van der Waals surface area contributed by atoms with Crippen molar-refractivity contribution in [2.24, 2.45) is 0 Å². The van der Waals surface area contributed by atoms with E-state index in [0.717, 1.165) is 32.7 Å². The summed E-state index contributed by atoms with van der Waals surface area (Å²) in [5.74, 6) is 0. The Morgan fingerprint density at radius 3 is 3.24 bits per heavy atom. The fraction of sp³-hybridized carbons (Fsp3) is 0.769. The summed E-state index contributed by atoms with van der Waals surface area (Å²) in [7, 11) is 0. The fourth-order valence-electron chi connectivity index (χ4n) is 2.18. The van der Waals surface area contributed by atoms with Gasteiger partial charge in [-0.2, -0.15) is 0 Å². The molecule has 0 radical (unpaired) electrons. The highest BCUT2D eigenvalue weighted by atomic mass is 16.5. The lowest BCUT2D eigenvalue weighted by Crippen LogP contribution is -2.18. The van der Waals surface area contributed by atoms with Gasteiger partial charge < -0.3 is 14.6 Å². The van der Waals surface area contributed by atoms with Gasteiger partial charge in [0.1, 0.15) is 0 Å². The summed E-state index contributed by atoms with van der Waals surface area (Å²) in [4.78, 5) is 4.42. The monoisotopic (exact) mass is 237 g/mol. The molecule has 0 saturated carbocycles. The van der Waals surface area contributed by atoms with E-state index in [1.807, 2.05) is 6.33 Å². The standard InChI is InChI=1S/C13H23N3O/c1-2-6-14-7-5-12-9-16(11-15-12)10-13-4-3-8-17-13/h9,11,13-14H,2-8,10H2,1H3. The molecule has 17 heavy (non-hydrogen) atoms. The first-order valence-corrected chi connectivity index (χ1v) is 6.71. The maximum absolute atomic E-state index is 5.62. The Bertz CT molecular complexity index is 318. The predicted molar refractivity (Wildman–Crippen MR) is 68.1 cm³/mol. The Hall–Kier alpha value is -0.870. The van der Waals surface area contributed by atoms with Gasteiger partial charge in [-0.05, 0) is 25.8 Å². The topological polar surface area (TPSA) is 39.1 Å². The Morgan fingerprint density at radius 2 is 2.47 bits per heavy atom. The molecule has 96 valence electrons. The van der Waals surface area contributed by atoms with Crippen LogP contribution in [0.1, 0.15) is 31.9 Å². The minimum atomic E-state index is 0.398. The zero-order chi connectivity index (χ0) is 11.9. The van der Waals surface area contributed by atoms with Gasteiger partial charge in [0, 0.05) is 32.3 Å².